The third kappa shape index (κ3) is 3.65. The van der Waals surface area contributed by atoms with E-state index in [0.29, 0.717) is 31.1 Å². The monoisotopic (exact) mass is 358 g/mol. The van der Waals surface area contributed by atoms with Gasteiger partial charge >= 0.3 is 12.2 Å². The van der Waals surface area contributed by atoms with Crippen LogP contribution < -0.4 is 5.32 Å². The van der Waals surface area contributed by atoms with Gasteiger partial charge in [0.2, 0.25) is 10.1 Å². The van der Waals surface area contributed by atoms with Crippen LogP contribution in [0, 0.1) is 0 Å². The smallest absolute Gasteiger partial charge is 0.377 e. The number of aromatic nitrogens is 2. The number of ether oxygens (including phenoxy) is 1. The van der Waals surface area contributed by atoms with Gasteiger partial charge in [-0.05, 0) is 5.56 Å². The number of hydrogen-bond donors (Lipinski definition) is 1. The zero-order valence-corrected chi connectivity index (χ0v) is 13.1. The molecule has 1 aromatic heterocycles. The number of anilines is 1. The Kier molecular flexibility index (Phi) is 4.67. The molecule has 1 atom stereocenters. The topological polar surface area (TPSA) is 67.4 Å². The molecule has 3 rings (SSSR count). The minimum absolute atomic E-state index is 0.189. The molecule has 0 radical (unpaired) electrons. The summed E-state index contributed by atoms with van der Waals surface area (Å²) < 4.78 is 43.1. The Morgan fingerprint density at radius 2 is 2.04 bits per heavy atom. The first-order valence-electron chi connectivity index (χ1n) is 7.06. The highest BCUT2D eigenvalue weighted by Crippen LogP contribution is 2.33. The lowest BCUT2D eigenvalue weighted by molar-refractivity contribution is -0.138. The normalized spacial score (nSPS) is 18.5. The van der Waals surface area contributed by atoms with Gasteiger partial charge in [0.25, 0.3) is 0 Å². The van der Waals surface area contributed by atoms with E-state index in [1.807, 2.05) is 30.3 Å². The molecule has 1 aromatic carbocycles. The van der Waals surface area contributed by atoms with E-state index in [1.165, 1.54) is 4.90 Å². The van der Waals surface area contributed by atoms with Crippen molar-refractivity contribution < 1.29 is 22.7 Å². The van der Waals surface area contributed by atoms with Crippen LogP contribution in [0.3, 0.4) is 0 Å². The van der Waals surface area contributed by atoms with E-state index >= 15 is 0 Å². The third-order valence-corrected chi connectivity index (χ3v) is 4.34. The molecule has 0 aliphatic carbocycles. The number of carbonyl (C=O) groups is 1. The molecular formula is C14H13F3N4O2S. The van der Waals surface area contributed by atoms with Crippen molar-refractivity contribution in [2.75, 3.05) is 25.1 Å². The third-order valence-electron chi connectivity index (χ3n) is 3.46. The molecule has 1 N–H and O–H groups in total. The molecule has 6 nitrogen and oxygen atoms in total. The van der Waals surface area contributed by atoms with Crippen LogP contribution in [0.5, 0.6) is 0 Å². The van der Waals surface area contributed by atoms with Gasteiger partial charge in [-0.3, -0.25) is 5.32 Å². The highest BCUT2D eigenvalue weighted by atomic mass is 32.1. The molecule has 0 unspecified atom stereocenters. The van der Waals surface area contributed by atoms with Gasteiger partial charge in [0.15, 0.2) is 0 Å². The lowest BCUT2D eigenvalue weighted by Gasteiger charge is -2.35. The fourth-order valence-electron chi connectivity index (χ4n) is 2.35. The molecule has 0 saturated carbocycles. The Morgan fingerprint density at radius 1 is 1.29 bits per heavy atom. The van der Waals surface area contributed by atoms with E-state index in [4.69, 9.17) is 4.74 Å². The van der Waals surface area contributed by atoms with Gasteiger partial charge in [-0.1, -0.05) is 41.7 Å². The molecule has 0 bridgehead atoms. The van der Waals surface area contributed by atoms with Gasteiger partial charge in [-0.2, -0.15) is 13.2 Å². The van der Waals surface area contributed by atoms with E-state index in [0.717, 1.165) is 5.56 Å². The van der Waals surface area contributed by atoms with Crippen LogP contribution in [0.4, 0.5) is 23.1 Å². The number of nitrogens with one attached hydrogen (secondary N) is 1. The Bertz CT molecular complexity index is 708. The van der Waals surface area contributed by atoms with E-state index < -0.39 is 17.2 Å². The SMILES string of the molecule is O=C(Nc1nnc(C(F)(F)F)s1)N1CCOC[C@@H]1c1ccccc1. The van der Waals surface area contributed by atoms with Crippen molar-refractivity contribution in [1.29, 1.82) is 0 Å². The summed E-state index contributed by atoms with van der Waals surface area (Å²) in [4.78, 5) is 13.9. The van der Waals surface area contributed by atoms with Gasteiger partial charge in [-0.25, -0.2) is 4.79 Å². The fraction of sp³-hybridized carbons (Fsp3) is 0.357. The second kappa shape index (κ2) is 6.73. The largest absolute Gasteiger partial charge is 0.445 e. The Morgan fingerprint density at radius 3 is 2.71 bits per heavy atom. The van der Waals surface area contributed by atoms with Crippen LogP contribution >= 0.6 is 11.3 Å². The molecule has 2 heterocycles. The molecule has 24 heavy (non-hydrogen) atoms. The molecular weight excluding hydrogens is 345 g/mol. The summed E-state index contributed by atoms with van der Waals surface area (Å²) in [6.07, 6.45) is -4.58. The zero-order chi connectivity index (χ0) is 17.2. The first kappa shape index (κ1) is 16.7. The van der Waals surface area contributed by atoms with Crippen LogP contribution in [0.25, 0.3) is 0 Å². The molecule has 2 amide bonds. The van der Waals surface area contributed by atoms with Crippen molar-refractivity contribution in [3.63, 3.8) is 0 Å². The second-order valence-corrected chi connectivity index (χ2v) is 6.01. The molecule has 2 aromatic rings. The van der Waals surface area contributed by atoms with E-state index in [1.54, 1.807) is 0 Å². The first-order chi connectivity index (χ1) is 11.4. The lowest BCUT2D eigenvalue weighted by atomic mass is 10.1. The number of nitrogens with zero attached hydrogens (tertiary/aromatic N) is 3. The number of alkyl halides is 3. The van der Waals surface area contributed by atoms with Crippen molar-refractivity contribution in [2.24, 2.45) is 0 Å². The van der Waals surface area contributed by atoms with Crippen LogP contribution in [0.15, 0.2) is 30.3 Å². The molecule has 1 fully saturated rings. The summed E-state index contributed by atoms with van der Waals surface area (Å²) in [7, 11) is 0. The van der Waals surface area contributed by atoms with Crippen LogP contribution in [-0.2, 0) is 10.9 Å². The van der Waals surface area contributed by atoms with Crippen molar-refractivity contribution >= 4 is 22.5 Å². The van der Waals surface area contributed by atoms with Gasteiger partial charge in [-0.15, -0.1) is 10.2 Å². The van der Waals surface area contributed by atoms with Crippen molar-refractivity contribution in [3.05, 3.63) is 40.9 Å². The summed E-state index contributed by atoms with van der Waals surface area (Å²) in [6.45, 7) is 1.01. The zero-order valence-electron chi connectivity index (χ0n) is 12.3. The average Bonchev–Trinajstić information content (AvgIpc) is 3.04. The number of rotatable bonds is 2. The van der Waals surface area contributed by atoms with Crippen LogP contribution in [-0.4, -0.2) is 40.9 Å². The highest BCUT2D eigenvalue weighted by molar-refractivity contribution is 7.15. The maximum Gasteiger partial charge on any atom is 0.445 e. The maximum atomic E-state index is 12.5. The number of amides is 2. The van der Waals surface area contributed by atoms with Gasteiger partial charge in [0.05, 0.1) is 19.3 Å². The number of carbonyl (C=O) groups excluding carboxylic acids is 1. The molecule has 1 aliphatic rings. The van der Waals surface area contributed by atoms with Crippen molar-refractivity contribution in [2.45, 2.75) is 12.2 Å². The number of morpholine rings is 1. The number of urea groups is 1. The summed E-state index contributed by atoms with van der Waals surface area (Å²) >= 11 is 0.292. The number of halogens is 3. The average molecular weight is 358 g/mol. The first-order valence-corrected chi connectivity index (χ1v) is 7.88. The fourth-order valence-corrected chi connectivity index (χ4v) is 2.95. The number of benzene rings is 1. The van der Waals surface area contributed by atoms with E-state index in [2.05, 4.69) is 15.5 Å². The minimum Gasteiger partial charge on any atom is -0.377 e. The summed E-state index contributed by atoms with van der Waals surface area (Å²) in [5, 5.41) is 7.52. The lowest BCUT2D eigenvalue weighted by Crippen LogP contribution is -2.45. The molecule has 128 valence electrons. The minimum atomic E-state index is -4.58. The van der Waals surface area contributed by atoms with Crippen LogP contribution in [0.2, 0.25) is 0 Å². The number of hydrogen-bond acceptors (Lipinski definition) is 5. The van der Waals surface area contributed by atoms with Crippen molar-refractivity contribution in [1.82, 2.24) is 15.1 Å². The Balaban J connectivity index is 1.74. The summed E-state index contributed by atoms with van der Waals surface area (Å²) in [5.41, 5.74) is 0.889. The van der Waals surface area contributed by atoms with Crippen LogP contribution in [0.1, 0.15) is 16.6 Å². The maximum absolute atomic E-state index is 12.5. The van der Waals surface area contributed by atoms with E-state index in [-0.39, 0.29) is 11.2 Å². The second-order valence-electron chi connectivity index (χ2n) is 5.04. The molecule has 10 heteroatoms. The van der Waals surface area contributed by atoms with Gasteiger partial charge in [0, 0.05) is 6.54 Å². The van der Waals surface area contributed by atoms with E-state index in [9.17, 15) is 18.0 Å². The Hall–Kier alpha value is -2.20. The highest BCUT2D eigenvalue weighted by Gasteiger charge is 2.36. The van der Waals surface area contributed by atoms with Crippen molar-refractivity contribution in [3.8, 4) is 0 Å². The molecule has 1 saturated heterocycles. The Labute approximate surface area is 139 Å². The van der Waals surface area contributed by atoms with Gasteiger partial charge in [0.1, 0.15) is 0 Å². The summed E-state index contributed by atoms with van der Waals surface area (Å²) in [6, 6.07) is 8.45. The summed E-state index contributed by atoms with van der Waals surface area (Å²) in [5.74, 6) is 0. The predicted molar refractivity (Wildman–Crippen MR) is 80.6 cm³/mol. The van der Waals surface area contributed by atoms with Gasteiger partial charge < -0.3 is 9.64 Å². The predicted octanol–water partition coefficient (Wildman–Crippen LogP) is 3.16. The molecule has 0 spiro atoms. The molecule has 1 aliphatic heterocycles. The quantitative estimate of drug-likeness (QED) is 0.895. The standard InChI is InChI=1S/C14H13F3N4O2S/c15-14(16,17)11-19-20-12(24-11)18-13(22)21-6-7-23-8-10(21)9-4-2-1-3-5-9/h1-5,10H,6-8H2,(H,18,20,22)/t10-/m1/s1.